The van der Waals surface area contributed by atoms with Crippen molar-refractivity contribution < 1.29 is 4.79 Å². The summed E-state index contributed by atoms with van der Waals surface area (Å²) in [6.45, 7) is 5.79. The summed E-state index contributed by atoms with van der Waals surface area (Å²) in [6, 6.07) is 8.17. The van der Waals surface area contributed by atoms with Gasteiger partial charge in [0.1, 0.15) is 22.2 Å². The highest BCUT2D eigenvalue weighted by atomic mass is 32.2. The highest BCUT2D eigenvalue weighted by Crippen LogP contribution is 2.37. The molecular formula is C23H27N5OS2. The topological polar surface area (TPSA) is 92.8 Å². The van der Waals surface area contributed by atoms with Crippen LogP contribution in [0, 0.1) is 22.7 Å². The van der Waals surface area contributed by atoms with Gasteiger partial charge in [-0.15, -0.1) is 11.3 Å². The highest BCUT2D eigenvalue weighted by Gasteiger charge is 2.26. The molecule has 8 heteroatoms. The smallest absolute Gasteiger partial charge is 0.238 e. The van der Waals surface area contributed by atoms with Gasteiger partial charge in [-0.2, -0.15) is 10.5 Å². The van der Waals surface area contributed by atoms with E-state index in [0.29, 0.717) is 27.6 Å². The fourth-order valence-corrected chi connectivity index (χ4v) is 5.83. The first-order chi connectivity index (χ1) is 15.0. The summed E-state index contributed by atoms with van der Waals surface area (Å²) < 4.78 is 0. The number of nitrogens with one attached hydrogen (secondary N) is 1. The van der Waals surface area contributed by atoms with Crippen LogP contribution in [0.2, 0.25) is 0 Å². The average Bonchev–Trinajstić information content (AvgIpc) is 3.11. The zero-order valence-electron chi connectivity index (χ0n) is 18.2. The number of aromatic nitrogens is 1. The summed E-state index contributed by atoms with van der Waals surface area (Å²) >= 11 is 2.83. The molecule has 1 aliphatic heterocycles. The van der Waals surface area contributed by atoms with Crippen molar-refractivity contribution in [3.8, 4) is 12.1 Å². The lowest BCUT2D eigenvalue weighted by atomic mass is 10.0. The maximum absolute atomic E-state index is 13.1. The minimum Gasteiger partial charge on any atom is -0.316 e. The number of unbranched alkanes of at least 4 members (excludes halogenated alkanes) is 1. The zero-order valence-corrected chi connectivity index (χ0v) is 19.8. The molecule has 0 spiro atoms. The number of thiophene rings is 1. The first-order valence-electron chi connectivity index (χ1n) is 10.6. The van der Waals surface area contributed by atoms with E-state index in [1.54, 1.807) is 6.07 Å². The Hall–Kier alpha value is -2.39. The minimum atomic E-state index is -0.394. The van der Waals surface area contributed by atoms with Crippen LogP contribution in [-0.2, 0) is 24.2 Å². The molecule has 0 aromatic carbocycles. The van der Waals surface area contributed by atoms with Gasteiger partial charge in [-0.1, -0.05) is 32.0 Å². The number of carbonyl (C=O) groups is 1. The van der Waals surface area contributed by atoms with Crippen molar-refractivity contribution in [2.75, 3.05) is 18.9 Å². The van der Waals surface area contributed by atoms with Crippen molar-refractivity contribution in [2.24, 2.45) is 0 Å². The molecule has 0 fully saturated rings. The third kappa shape index (κ3) is 5.46. The third-order valence-corrected chi connectivity index (χ3v) is 7.84. The normalized spacial score (nSPS) is 14.4. The van der Waals surface area contributed by atoms with Crippen molar-refractivity contribution in [3.05, 3.63) is 39.4 Å². The second-order valence-electron chi connectivity index (χ2n) is 7.68. The third-order valence-electron chi connectivity index (χ3n) is 5.34. The Labute approximate surface area is 192 Å². The minimum absolute atomic E-state index is 0.152. The molecule has 162 valence electrons. The molecule has 31 heavy (non-hydrogen) atoms. The molecule has 0 saturated heterocycles. The summed E-state index contributed by atoms with van der Waals surface area (Å²) in [5, 5.41) is 23.0. The number of aryl methyl sites for hydroxylation is 1. The highest BCUT2D eigenvalue weighted by molar-refractivity contribution is 8.00. The van der Waals surface area contributed by atoms with Crippen LogP contribution in [0.4, 0.5) is 5.00 Å². The van der Waals surface area contributed by atoms with Crippen LogP contribution in [0.5, 0.6) is 0 Å². The van der Waals surface area contributed by atoms with E-state index in [-0.39, 0.29) is 5.91 Å². The Bertz CT molecular complexity index is 1030. The number of amides is 1. The molecule has 3 rings (SSSR count). The summed E-state index contributed by atoms with van der Waals surface area (Å²) in [5.41, 5.74) is 3.10. The molecule has 0 aliphatic carbocycles. The number of hydrogen-bond acceptors (Lipinski definition) is 7. The number of fused-ring (bicyclic) bond motifs is 1. The molecule has 6 nitrogen and oxygen atoms in total. The molecular weight excluding hydrogens is 426 g/mol. The molecule has 1 N–H and O–H groups in total. The van der Waals surface area contributed by atoms with Gasteiger partial charge >= 0.3 is 0 Å². The fraction of sp³-hybridized carbons (Fsp3) is 0.478. The van der Waals surface area contributed by atoms with Crippen LogP contribution in [0.3, 0.4) is 0 Å². The van der Waals surface area contributed by atoms with Crippen LogP contribution < -0.4 is 5.32 Å². The number of anilines is 1. The van der Waals surface area contributed by atoms with Gasteiger partial charge in [0, 0.05) is 23.7 Å². The van der Waals surface area contributed by atoms with Gasteiger partial charge in [0.15, 0.2) is 0 Å². The van der Waals surface area contributed by atoms with Crippen LogP contribution in [0.25, 0.3) is 0 Å². The van der Waals surface area contributed by atoms with E-state index < -0.39 is 5.25 Å². The maximum atomic E-state index is 13.1. The van der Waals surface area contributed by atoms with E-state index in [0.717, 1.165) is 54.9 Å². The first-order valence-corrected chi connectivity index (χ1v) is 12.3. The molecule has 0 bridgehead atoms. The lowest BCUT2D eigenvalue weighted by molar-refractivity contribution is -0.115. The second kappa shape index (κ2) is 10.8. The predicted molar refractivity (Wildman–Crippen MR) is 125 cm³/mol. The fourth-order valence-electron chi connectivity index (χ4n) is 3.54. The number of thioether (sulfide) groups is 1. The van der Waals surface area contributed by atoms with Crippen molar-refractivity contribution in [1.29, 1.82) is 10.5 Å². The molecule has 2 aromatic heterocycles. The largest absolute Gasteiger partial charge is 0.316 e. The molecule has 1 unspecified atom stereocenters. The monoisotopic (exact) mass is 453 g/mol. The van der Waals surface area contributed by atoms with E-state index in [4.69, 9.17) is 0 Å². The lowest BCUT2D eigenvalue weighted by Crippen LogP contribution is -2.25. The van der Waals surface area contributed by atoms with Gasteiger partial charge in [0.05, 0.1) is 16.4 Å². The van der Waals surface area contributed by atoms with Crippen LogP contribution in [0.15, 0.2) is 17.2 Å². The number of pyridine rings is 1. The van der Waals surface area contributed by atoms with E-state index in [9.17, 15) is 15.3 Å². The summed E-state index contributed by atoms with van der Waals surface area (Å²) in [5.74, 6) is -0.152. The van der Waals surface area contributed by atoms with E-state index in [2.05, 4.69) is 41.3 Å². The lowest BCUT2D eigenvalue weighted by Gasteiger charge is -2.21. The van der Waals surface area contributed by atoms with Gasteiger partial charge in [-0.05, 0) is 50.4 Å². The number of likely N-dealkylation sites (N-methyl/N-ethyl adjacent to an activating group) is 1. The summed E-state index contributed by atoms with van der Waals surface area (Å²) in [4.78, 5) is 21.1. The Morgan fingerprint density at radius 1 is 1.35 bits per heavy atom. The predicted octanol–water partition coefficient (Wildman–Crippen LogP) is 4.73. The van der Waals surface area contributed by atoms with Crippen LogP contribution >= 0.6 is 23.1 Å². The van der Waals surface area contributed by atoms with Gasteiger partial charge in [0.25, 0.3) is 0 Å². The van der Waals surface area contributed by atoms with Crippen molar-refractivity contribution in [3.63, 3.8) is 0 Å². The number of rotatable bonds is 8. The molecule has 1 amide bonds. The molecule has 0 radical (unpaired) electrons. The Morgan fingerprint density at radius 3 is 2.84 bits per heavy atom. The van der Waals surface area contributed by atoms with Crippen LogP contribution in [-0.4, -0.2) is 34.6 Å². The maximum Gasteiger partial charge on any atom is 0.238 e. The zero-order chi connectivity index (χ0) is 22.4. The molecule has 3 heterocycles. The van der Waals surface area contributed by atoms with E-state index in [1.807, 2.05) is 13.0 Å². The average molecular weight is 454 g/mol. The molecule has 1 aliphatic rings. The standard InChI is InChI=1S/C23H27N5OS2/c1-4-6-7-16-9-8-15(12-24)22(26-16)30-19(5-2)21(29)27-23-18(13-25)17-10-11-28(3)14-20(17)31-23/h8-9,19H,4-7,10-11,14H2,1-3H3,(H,27,29). The number of hydrogen-bond donors (Lipinski definition) is 1. The van der Waals surface area contributed by atoms with Gasteiger partial charge in [-0.3, -0.25) is 4.79 Å². The Balaban J connectivity index is 1.79. The van der Waals surface area contributed by atoms with Gasteiger partial charge in [0.2, 0.25) is 5.91 Å². The van der Waals surface area contributed by atoms with Crippen molar-refractivity contribution >= 4 is 34.0 Å². The van der Waals surface area contributed by atoms with Gasteiger partial charge < -0.3 is 10.2 Å². The van der Waals surface area contributed by atoms with E-state index >= 15 is 0 Å². The number of nitriles is 2. The van der Waals surface area contributed by atoms with Crippen molar-refractivity contribution in [1.82, 2.24) is 9.88 Å². The Morgan fingerprint density at radius 2 is 2.16 bits per heavy atom. The first kappa shape index (κ1) is 23.3. The SMILES string of the molecule is CCCCc1ccc(C#N)c(SC(CC)C(=O)Nc2sc3c(c2C#N)CCN(C)C3)n1. The molecule has 2 aromatic rings. The second-order valence-corrected chi connectivity index (χ2v) is 9.98. The molecule has 1 atom stereocenters. The quantitative estimate of drug-likeness (QED) is 0.581. The number of carbonyl (C=O) groups excluding carboxylic acids is 1. The summed E-state index contributed by atoms with van der Waals surface area (Å²) in [7, 11) is 2.06. The van der Waals surface area contributed by atoms with E-state index in [1.165, 1.54) is 23.1 Å². The van der Waals surface area contributed by atoms with Gasteiger partial charge in [-0.25, -0.2) is 4.98 Å². The Kier molecular flexibility index (Phi) is 8.09. The summed E-state index contributed by atoms with van der Waals surface area (Å²) in [6.07, 6.45) is 4.40. The van der Waals surface area contributed by atoms with Crippen LogP contribution in [0.1, 0.15) is 60.4 Å². The molecule has 0 saturated carbocycles. The van der Waals surface area contributed by atoms with Crippen molar-refractivity contribution in [2.45, 2.75) is 62.8 Å². The number of nitrogens with zero attached hydrogens (tertiary/aromatic N) is 4.